The van der Waals surface area contributed by atoms with Gasteiger partial charge in [0, 0.05) is 19.4 Å². The highest BCUT2D eigenvalue weighted by atomic mass is 16.1. The average Bonchev–Trinajstić information content (AvgIpc) is 2.60. The van der Waals surface area contributed by atoms with Gasteiger partial charge in [-0.15, -0.1) is 0 Å². The predicted molar refractivity (Wildman–Crippen MR) is 98.4 cm³/mol. The molecule has 25 heavy (non-hydrogen) atoms. The number of H-pyrrole nitrogens is 1. The lowest BCUT2D eigenvalue weighted by Gasteiger charge is -2.09. The summed E-state index contributed by atoms with van der Waals surface area (Å²) in [5.41, 5.74) is 5.01. The number of hydrogen-bond acceptors (Lipinski definition) is 3. The maximum Gasteiger partial charge on any atom is 0.270 e. The van der Waals surface area contributed by atoms with Crippen molar-refractivity contribution in [2.45, 2.75) is 33.2 Å². The molecule has 1 heterocycles. The lowest BCUT2D eigenvalue weighted by Crippen LogP contribution is -2.25. The zero-order valence-electron chi connectivity index (χ0n) is 14.4. The minimum atomic E-state index is -0.235. The molecule has 1 aromatic heterocycles. The van der Waals surface area contributed by atoms with Gasteiger partial charge in [0.05, 0.1) is 11.0 Å². The number of nitrogens with one attached hydrogen (secondary N) is 2. The molecule has 0 atom stereocenters. The highest BCUT2D eigenvalue weighted by Gasteiger charge is 2.09. The van der Waals surface area contributed by atoms with Crippen molar-refractivity contribution in [2.75, 3.05) is 0 Å². The SMILES string of the molecule is Cc1ccc(C)c(CNC(=O)CCc2nc3ccccc3[nH]c2=O)c1. The second kappa shape index (κ2) is 7.30. The predicted octanol–water partition coefficient (Wildman–Crippen LogP) is 2.79. The molecule has 128 valence electrons. The molecule has 5 nitrogen and oxygen atoms in total. The van der Waals surface area contributed by atoms with Crippen LogP contribution in [0.1, 0.15) is 28.8 Å². The van der Waals surface area contributed by atoms with E-state index < -0.39 is 0 Å². The van der Waals surface area contributed by atoms with E-state index in [1.54, 1.807) is 0 Å². The third-order valence-corrected chi connectivity index (χ3v) is 4.24. The summed E-state index contributed by atoms with van der Waals surface area (Å²) in [5.74, 6) is -0.0877. The Labute approximate surface area is 146 Å². The van der Waals surface area contributed by atoms with Crippen LogP contribution >= 0.6 is 0 Å². The molecule has 2 aromatic carbocycles. The summed E-state index contributed by atoms with van der Waals surface area (Å²) < 4.78 is 0. The third-order valence-electron chi connectivity index (χ3n) is 4.24. The number of nitrogens with zero attached hydrogens (tertiary/aromatic N) is 1. The maximum atomic E-state index is 12.1. The Balaban J connectivity index is 1.61. The Morgan fingerprint density at radius 3 is 2.80 bits per heavy atom. The quantitative estimate of drug-likeness (QED) is 0.753. The molecule has 0 saturated heterocycles. The van der Waals surface area contributed by atoms with Gasteiger partial charge in [-0.05, 0) is 37.1 Å². The van der Waals surface area contributed by atoms with E-state index >= 15 is 0 Å². The van der Waals surface area contributed by atoms with Crippen molar-refractivity contribution in [3.63, 3.8) is 0 Å². The first kappa shape index (κ1) is 16.9. The van der Waals surface area contributed by atoms with Crippen LogP contribution in [0.15, 0.2) is 47.3 Å². The molecule has 1 amide bonds. The van der Waals surface area contributed by atoms with E-state index in [4.69, 9.17) is 0 Å². The smallest absolute Gasteiger partial charge is 0.270 e. The number of aromatic amines is 1. The molecule has 5 heteroatoms. The molecule has 0 aliphatic carbocycles. The summed E-state index contributed by atoms with van der Waals surface area (Å²) in [6.45, 7) is 4.55. The topological polar surface area (TPSA) is 74.8 Å². The molecule has 0 aliphatic rings. The van der Waals surface area contributed by atoms with Crippen LogP contribution in [0, 0.1) is 13.8 Å². The Bertz CT molecular complexity index is 976. The molecule has 3 aromatic rings. The molecule has 0 aliphatic heterocycles. The lowest BCUT2D eigenvalue weighted by molar-refractivity contribution is -0.121. The van der Waals surface area contributed by atoms with Crippen LogP contribution in [0.25, 0.3) is 11.0 Å². The number of benzene rings is 2. The highest BCUT2D eigenvalue weighted by Crippen LogP contribution is 2.10. The largest absolute Gasteiger partial charge is 0.352 e. The summed E-state index contributed by atoms with van der Waals surface area (Å²) in [4.78, 5) is 31.3. The van der Waals surface area contributed by atoms with Crippen LogP contribution in [-0.2, 0) is 17.8 Å². The van der Waals surface area contributed by atoms with Crippen molar-refractivity contribution in [3.8, 4) is 0 Å². The molecule has 3 rings (SSSR count). The van der Waals surface area contributed by atoms with Crippen LogP contribution in [-0.4, -0.2) is 15.9 Å². The number of aromatic nitrogens is 2. The van der Waals surface area contributed by atoms with Gasteiger partial charge in [-0.1, -0.05) is 35.9 Å². The third kappa shape index (κ3) is 4.12. The van der Waals surface area contributed by atoms with Crippen molar-refractivity contribution in [1.82, 2.24) is 15.3 Å². The molecule has 0 spiro atoms. The van der Waals surface area contributed by atoms with E-state index in [-0.39, 0.29) is 17.9 Å². The van der Waals surface area contributed by atoms with Crippen molar-refractivity contribution < 1.29 is 4.79 Å². The molecule has 0 fully saturated rings. The Hall–Kier alpha value is -2.95. The zero-order valence-corrected chi connectivity index (χ0v) is 14.4. The first-order valence-corrected chi connectivity index (χ1v) is 8.34. The first-order chi connectivity index (χ1) is 12.0. The standard InChI is InChI=1S/C20H21N3O2/c1-13-7-8-14(2)15(11-13)12-21-19(24)10-9-18-20(25)23-17-6-4-3-5-16(17)22-18/h3-8,11H,9-10,12H2,1-2H3,(H,21,24)(H,23,25). The number of carbonyl (C=O) groups is 1. The fraction of sp³-hybridized carbons (Fsp3) is 0.250. The van der Waals surface area contributed by atoms with Gasteiger partial charge in [0.15, 0.2) is 0 Å². The number of aryl methyl sites for hydroxylation is 3. The van der Waals surface area contributed by atoms with Gasteiger partial charge in [-0.3, -0.25) is 9.59 Å². The molecule has 0 radical (unpaired) electrons. The van der Waals surface area contributed by atoms with Crippen molar-refractivity contribution in [2.24, 2.45) is 0 Å². The molecular weight excluding hydrogens is 314 g/mol. The van der Waals surface area contributed by atoms with Gasteiger partial charge in [0.25, 0.3) is 5.56 Å². The summed E-state index contributed by atoms with van der Waals surface area (Å²) in [7, 11) is 0. The average molecular weight is 335 g/mol. The minimum Gasteiger partial charge on any atom is -0.352 e. The number of para-hydroxylation sites is 2. The zero-order chi connectivity index (χ0) is 17.8. The highest BCUT2D eigenvalue weighted by molar-refractivity contribution is 5.76. The normalized spacial score (nSPS) is 10.8. The van der Waals surface area contributed by atoms with Gasteiger partial charge in [-0.2, -0.15) is 0 Å². The van der Waals surface area contributed by atoms with Crippen LogP contribution in [0.2, 0.25) is 0 Å². The lowest BCUT2D eigenvalue weighted by atomic mass is 10.1. The fourth-order valence-electron chi connectivity index (χ4n) is 2.74. The second-order valence-corrected chi connectivity index (χ2v) is 6.24. The van der Waals surface area contributed by atoms with Gasteiger partial charge in [0.2, 0.25) is 5.91 Å². The number of rotatable bonds is 5. The van der Waals surface area contributed by atoms with E-state index in [1.165, 1.54) is 5.56 Å². The van der Waals surface area contributed by atoms with Crippen LogP contribution in [0.5, 0.6) is 0 Å². The van der Waals surface area contributed by atoms with E-state index in [0.717, 1.165) is 16.6 Å². The Kier molecular flexibility index (Phi) is 4.93. The second-order valence-electron chi connectivity index (χ2n) is 6.24. The van der Waals surface area contributed by atoms with Gasteiger partial charge in [-0.25, -0.2) is 4.98 Å². The van der Waals surface area contributed by atoms with Crippen LogP contribution in [0.4, 0.5) is 0 Å². The van der Waals surface area contributed by atoms with Gasteiger partial charge in [0.1, 0.15) is 5.69 Å². The minimum absolute atomic E-state index is 0.0877. The van der Waals surface area contributed by atoms with E-state index in [2.05, 4.69) is 33.5 Å². The summed E-state index contributed by atoms with van der Waals surface area (Å²) in [6, 6.07) is 13.5. The van der Waals surface area contributed by atoms with Crippen LogP contribution < -0.4 is 10.9 Å². The molecule has 0 bridgehead atoms. The maximum absolute atomic E-state index is 12.1. The summed E-state index contributed by atoms with van der Waals surface area (Å²) in [5, 5.41) is 2.91. The van der Waals surface area contributed by atoms with E-state index in [1.807, 2.05) is 38.1 Å². The number of fused-ring (bicyclic) bond motifs is 1. The van der Waals surface area contributed by atoms with Crippen molar-refractivity contribution in [1.29, 1.82) is 0 Å². The van der Waals surface area contributed by atoms with Crippen LogP contribution in [0.3, 0.4) is 0 Å². The molecule has 2 N–H and O–H groups in total. The summed E-state index contributed by atoms with van der Waals surface area (Å²) in [6.07, 6.45) is 0.554. The molecule has 0 unspecified atom stereocenters. The number of carbonyl (C=O) groups excluding carboxylic acids is 1. The monoisotopic (exact) mass is 335 g/mol. The number of hydrogen-bond donors (Lipinski definition) is 2. The Morgan fingerprint density at radius 1 is 1.16 bits per heavy atom. The fourth-order valence-corrected chi connectivity index (χ4v) is 2.74. The number of amides is 1. The van der Waals surface area contributed by atoms with Gasteiger partial charge < -0.3 is 10.3 Å². The van der Waals surface area contributed by atoms with E-state index in [0.29, 0.717) is 24.2 Å². The molecular formula is C20H21N3O2. The molecule has 0 saturated carbocycles. The van der Waals surface area contributed by atoms with E-state index in [9.17, 15) is 9.59 Å². The Morgan fingerprint density at radius 2 is 1.96 bits per heavy atom. The van der Waals surface area contributed by atoms with Crippen molar-refractivity contribution in [3.05, 3.63) is 75.2 Å². The van der Waals surface area contributed by atoms with Crippen molar-refractivity contribution >= 4 is 16.9 Å². The van der Waals surface area contributed by atoms with Gasteiger partial charge >= 0.3 is 0 Å². The summed E-state index contributed by atoms with van der Waals surface area (Å²) >= 11 is 0. The first-order valence-electron chi connectivity index (χ1n) is 8.34.